The molecule has 0 aliphatic rings. The van der Waals surface area contributed by atoms with E-state index in [9.17, 15) is 4.79 Å². The van der Waals surface area contributed by atoms with Crippen molar-refractivity contribution in [1.29, 1.82) is 0 Å². The number of pyridine rings is 1. The minimum absolute atomic E-state index is 0.205. The summed E-state index contributed by atoms with van der Waals surface area (Å²) in [5, 5.41) is 14.3. The molecule has 2 heterocycles. The van der Waals surface area contributed by atoms with Gasteiger partial charge in [0.25, 0.3) is 5.91 Å². The first-order valence-corrected chi connectivity index (χ1v) is 6.71. The van der Waals surface area contributed by atoms with Gasteiger partial charge in [-0.05, 0) is 12.3 Å². The van der Waals surface area contributed by atoms with E-state index in [1.807, 2.05) is 31.2 Å². The van der Waals surface area contributed by atoms with Gasteiger partial charge in [-0.3, -0.25) is 9.89 Å². The third-order valence-corrected chi connectivity index (χ3v) is 3.14. The molecule has 1 amide bonds. The summed E-state index contributed by atoms with van der Waals surface area (Å²) in [5.41, 5.74) is 1.16. The predicted molar refractivity (Wildman–Crippen MR) is 82.4 cm³/mol. The van der Waals surface area contributed by atoms with Crippen LogP contribution in [0.25, 0.3) is 10.8 Å². The lowest BCUT2D eigenvalue weighted by Gasteiger charge is -2.10. The molecule has 0 radical (unpaired) electrons. The first-order chi connectivity index (χ1) is 10.3. The van der Waals surface area contributed by atoms with Crippen molar-refractivity contribution in [3.05, 3.63) is 48.4 Å². The van der Waals surface area contributed by atoms with Crippen LogP contribution in [0, 0.1) is 0 Å². The number of rotatable bonds is 4. The molecule has 6 nitrogen and oxygen atoms in total. The van der Waals surface area contributed by atoms with Crippen molar-refractivity contribution in [2.75, 3.05) is 17.2 Å². The fraction of sp³-hybridized carbons (Fsp3) is 0.133. The highest BCUT2D eigenvalue weighted by Crippen LogP contribution is 2.24. The smallest absolute Gasteiger partial charge is 0.257 e. The van der Waals surface area contributed by atoms with Crippen molar-refractivity contribution < 1.29 is 4.79 Å². The molecule has 106 valence electrons. The number of anilines is 2. The first kappa shape index (κ1) is 13.1. The summed E-state index contributed by atoms with van der Waals surface area (Å²) >= 11 is 0. The molecule has 1 aromatic carbocycles. The number of aromatic nitrogens is 3. The van der Waals surface area contributed by atoms with Gasteiger partial charge in [0.15, 0.2) is 0 Å². The van der Waals surface area contributed by atoms with Gasteiger partial charge in [-0.25, -0.2) is 4.98 Å². The number of fused-ring (bicyclic) bond motifs is 1. The highest BCUT2D eigenvalue weighted by atomic mass is 16.1. The standard InChI is InChI=1S/C15H15N5O/c1-2-16-14-12-6-4-3-5-11(12)13(9-17-14)15(21)20-10-7-18-19-8-10/h3-9H,2H2,1H3,(H,16,17)(H,18,19)(H,20,21). The summed E-state index contributed by atoms with van der Waals surface area (Å²) in [5.74, 6) is 0.580. The second-order valence-corrected chi connectivity index (χ2v) is 4.54. The highest BCUT2D eigenvalue weighted by molar-refractivity contribution is 6.14. The zero-order chi connectivity index (χ0) is 14.7. The largest absolute Gasteiger partial charge is 0.370 e. The van der Waals surface area contributed by atoms with Crippen LogP contribution in [-0.2, 0) is 0 Å². The minimum Gasteiger partial charge on any atom is -0.370 e. The number of nitrogens with one attached hydrogen (secondary N) is 3. The third kappa shape index (κ3) is 2.55. The van der Waals surface area contributed by atoms with E-state index >= 15 is 0 Å². The van der Waals surface area contributed by atoms with E-state index in [0.29, 0.717) is 11.3 Å². The van der Waals surface area contributed by atoms with Crippen LogP contribution < -0.4 is 10.6 Å². The summed E-state index contributed by atoms with van der Waals surface area (Å²) < 4.78 is 0. The molecule has 0 saturated carbocycles. The zero-order valence-electron chi connectivity index (χ0n) is 11.6. The average molecular weight is 281 g/mol. The van der Waals surface area contributed by atoms with Gasteiger partial charge in [0.1, 0.15) is 5.82 Å². The van der Waals surface area contributed by atoms with Crippen molar-refractivity contribution in [1.82, 2.24) is 15.2 Å². The van der Waals surface area contributed by atoms with Crippen LogP contribution in [-0.4, -0.2) is 27.6 Å². The van der Waals surface area contributed by atoms with Crippen LogP contribution in [0.2, 0.25) is 0 Å². The molecule has 0 atom stereocenters. The molecule has 3 N–H and O–H groups in total. The molecule has 3 aromatic rings. The lowest BCUT2D eigenvalue weighted by molar-refractivity contribution is 0.102. The van der Waals surface area contributed by atoms with Crippen LogP contribution >= 0.6 is 0 Å². The molecule has 2 aromatic heterocycles. The molecule has 3 rings (SSSR count). The van der Waals surface area contributed by atoms with Crippen molar-refractivity contribution in [3.8, 4) is 0 Å². The maximum Gasteiger partial charge on any atom is 0.257 e. The zero-order valence-corrected chi connectivity index (χ0v) is 11.6. The highest BCUT2D eigenvalue weighted by Gasteiger charge is 2.13. The average Bonchev–Trinajstić information content (AvgIpc) is 3.00. The lowest BCUT2D eigenvalue weighted by Crippen LogP contribution is -2.13. The quantitative estimate of drug-likeness (QED) is 0.686. The number of hydrogen-bond acceptors (Lipinski definition) is 4. The Balaban J connectivity index is 2.03. The molecule has 0 aliphatic carbocycles. The Morgan fingerprint density at radius 2 is 2.05 bits per heavy atom. The molecule has 0 fully saturated rings. The van der Waals surface area contributed by atoms with Crippen molar-refractivity contribution in [2.24, 2.45) is 0 Å². The molecular formula is C15H15N5O. The second-order valence-electron chi connectivity index (χ2n) is 4.54. The number of H-pyrrole nitrogens is 1. The number of carbonyl (C=O) groups excluding carboxylic acids is 1. The Hall–Kier alpha value is -2.89. The van der Waals surface area contributed by atoms with Crippen LogP contribution in [0.3, 0.4) is 0 Å². The van der Waals surface area contributed by atoms with E-state index < -0.39 is 0 Å². The number of aromatic amines is 1. The molecule has 0 saturated heterocycles. The van der Waals surface area contributed by atoms with E-state index in [-0.39, 0.29) is 5.91 Å². The topological polar surface area (TPSA) is 82.7 Å². The lowest BCUT2D eigenvalue weighted by atomic mass is 10.1. The van der Waals surface area contributed by atoms with Gasteiger partial charge in [0, 0.05) is 24.3 Å². The SMILES string of the molecule is CCNc1ncc(C(=O)Nc2cn[nH]c2)c2ccccc12. The van der Waals surface area contributed by atoms with Crippen molar-refractivity contribution in [3.63, 3.8) is 0 Å². The third-order valence-electron chi connectivity index (χ3n) is 3.14. The van der Waals surface area contributed by atoms with Crippen LogP contribution in [0.15, 0.2) is 42.9 Å². The Labute approximate surface area is 121 Å². The monoisotopic (exact) mass is 281 g/mol. The normalized spacial score (nSPS) is 10.5. The summed E-state index contributed by atoms with van der Waals surface area (Å²) in [6.07, 6.45) is 4.77. The summed E-state index contributed by atoms with van der Waals surface area (Å²) in [7, 11) is 0. The molecule has 6 heteroatoms. The van der Waals surface area contributed by atoms with Gasteiger partial charge in [-0.2, -0.15) is 5.10 Å². The molecule has 0 spiro atoms. The van der Waals surface area contributed by atoms with Crippen LogP contribution in [0.1, 0.15) is 17.3 Å². The summed E-state index contributed by atoms with van der Waals surface area (Å²) in [6.45, 7) is 2.79. The number of carbonyl (C=O) groups is 1. The van der Waals surface area contributed by atoms with Gasteiger partial charge in [0.2, 0.25) is 0 Å². The molecule has 0 aliphatic heterocycles. The molecule has 0 bridgehead atoms. The van der Waals surface area contributed by atoms with Gasteiger partial charge < -0.3 is 10.6 Å². The van der Waals surface area contributed by atoms with E-state index in [1.54, 1.807) is 18.6 Å². The van der Waals surface area contributed by atoms with Crippen LogP contribution in [0.5, 0.6) is 0 Å². The Bertz CT molecular complexity index is 767. The molecule has 0 unspecified atom stereocenters. The van der Waals surface area contributed by atoms with E-state index in [0.717, 1.165) is 23.1 Å². The first-order valence-electron chi connectivity index (χ1n) is 6.71. The van der Waals surface area contributed by atoms with Gasteiger partial charge in [-0.1, -0.05) is 24.3 Å². The minimum atomic E-state index is -0.205. The predicted octanol–water partition coefficient (Wildman–Crippen LogP) is 2.64. The van der Waals surface area contributed by atoms with E-state index in [2.05, 4.69) is 25.8 Å². The van der Waals surface area contributed by atoms with Crippen LogP contribution in [0.4, 0.5) is 11.5 Å². The van der Waals surface area contributed by atoms with Gasteiger partial charge in [-0.15, -0.1) is 0 Å². The van der Waals surface area contributed by atoms with Crippen molar-refractivity contribution in [2.45, 2.75) is 6.92 Å². The Morgan fingerprint density at radius 1 is 1.24 bits per heavy atom. The maximum atomic E-state index is 12.4. The Morgan fingerprint density at radius 3 is 2.76 bits per heavy atom. The molecular weight excluding hydrogens is 266 g/mol. The number of hydrogen-bond donors (Lipinski definition) is 3. The fourth-order valence-electron chi connectivity index (χ4n) is 2.20. The van der Waals surface area contributed by atoms with Gasteiger partial charge in [0.05, 0.1) is 17.4 Å². The number of amides is 1. The number of nitrogens with zero attached hydrogens (tertiary/aromatic N) is 2. The maximum absolute atomic E-state index is 12.4. The van der Waals surface area contributed by atoms with E-state index in [4.69, 9.17) is 0 Å². The van der Waals surface area contributed by atoms with E-state index in [1.165, 1.54) is 0 Å². The summed E-state index contributed by atoms with van der Waals surface area (Å²) in [4.78, 5) is 16.7. The van der Waals surface area contributed by atoms with Crippen molar-refractivity contribution >= 4 is 28.2 Å². The van der Waals surface area contributed by atoms with Gasteiger partial charge >= 0.3 is 0 Å². The second kappa shape index (κ2) is 5.62. The molecule has 21 heavy (non-hydrogen) atoms. The summed E-state index contributed by atoms with van der Waals surface area (Å²) in [6, 6.07) is 7.71. The number of benzene rings is 1. The Kier molecular flexibility index (Phi) is 3.51. The fourth-order valence-corrected chi connectivity index (χ4v) is 2.20.